The first kappa shape index (κ1) is 15.2. The van der Waals surface area contributed by atoms with Crippen molar-refractivity contribution in [1.82, 2.24) is 15.1 Å². The molecular weight excluding hydrogens is 254 g/mol. The second kappa shape index (κ2) is 6.93. The van der Waals surface area contributed by atoms with Gasteiger partial charge in [0.2, 0.25) is 5.91 Å². The fourth-order valence-electron chi connectivity index (χ4n) is 1.86. The van der Waals surface area contributed by atoms with E-state index in [-0.39, 0.29) is 31.5 Å². The van der Waals surface area contributed by atoms with Crippen LogP contribution in [0.25, 0.3) is 0 Å². The molecule has 2 N–H and O–H groups in total. The first-order chi connectivity index (χ1) is 8.95. The number of ether oxygens (including phenoxy) is 1. The molecule has 1 rings (SSSR count). The fraction of sp³-hybridized carbons (Fsp3) is 0.727. The molecule has 8 heteroatoms. The number of rotatable bonds is 4. The Balaban J connectivity index is 2.65. The number of carboxylic acid groups (broad SMARTS) is 1. The van der Waals surface area contributed by atoms with Crippen molar-refractivity contribution in [2.45, 2.75) is 12.5 Å². The van der Waals surface area contributed by atoms with Gasteiger partial charge in [-0.2, -0.15) is 0 Å². The summed E-state index contributed by atoms with van der Waals surface area (Å²) in [5, 5.41) is 11.2. The molecule has 0 radical (unpaired) electrons. The lowest BCUT2D eigenvalue weighted by atomic mass is 10.1. The van der Waals surface area contributed by atoms with Crippen molar-refractivity contribution in [2.24, 2.45) is 0 Å². The minimum absolute atomic E-state index is 0.0630. The van der Waals surface area contributed by atoms with Crippen molar-refractivity contribution in [1.29, 1.82) is 0 Å². The first-order valence-electron chi connectivity index (χ1n) is 5.97. The minimum Gasteiger partial charge on any atom is -0.481 e. The first-order valence-corrected chi connectivity index (χ1v) is 5.97. The highest BCUT2D eigenvalue weighted by molar-refractivity contribution is 5.84. The van der Waals surface area contributed by atoms with Crippen LogP contribution in [-0.4, -0.2) is 79.3 Å². The quantitative estimate of drug-likeness (QED) is 0.681. The molecule has 8 nitrogen and oxygen atoms in total. The van der Waals surface area contributed by atoms with Crippen LogP contribution in [0.15, 0.2) is 0 Å². The van der Waals surface area contributed by atoms with E-state index >= 15 is 0 Å². The summed E-state index contributed by atoms with van der Waals surface area (Å²) >= 11 is 0. The van der Waals surface area contributed by atoms with Crippen LogP contribution in [0, 0.1) is 0 Å². The van der Waals surface area contributed by atoms with E-state index in [0.717, 1.165) is 0 Å². The SMILES string of the molecule is CNC(=O)CN(C)C(=O)N1CCOCC1CC(=O)O. The summed E-state index contributed by atoms with van der Waals surface area (Å²) in [4.78, 5) is 36.9. The molecule has 0 aromatic carbocycles. The molecule has 1 aliphatic heterocycles. The van der Waals surface area contributed by atoms with Crippen LogP contribution in [0.3, 0.4) is 0 Å². The van der Waals surface area contributed by atoms with Gasteiger partial charge in [-0.15, -0.1) is 0 Å². The molecule has 108 valence electrons. The van der Waals surface area contributed by atoms with Gasteiger partial charge >= 0.3 is 12.0 Å². The number of nitrogens with one attached hydrogen (secondary N) is 1. The maximum atomic E-state index is 12.2. The van der Waals surface area contributed by atoms with Crippen LogP contribution in [-0.2, 0) is 14.3 Å². The number of likely N-dealkylation sites (N-methyl/N-ethyl adjacent to an activating group) is 2. The highest BCUT2D eigenvalue weighted by Crippen LogP contribution is 2.12. The third kappa shape index (κ3) is 4.40. The van der Waals surface area contributed by atoms with Crippen molar-refractivity contribution in [3.8, 4) is 0 Å². The monoisotopic (exact) mass is 273 g/mol. The third-order valence-corrected chi connectivity index (χ3v) is 2.87. The van der Waals surface area contributed by atoms with Crippen molar-refractivity contribution in [3.63, 3.8) is 0 Å². The lowest BCUT2D eigenvalue weighted by Crippen LogP contribution is -2.54. The van der Waals surface area contributed by atoms with Crippen LogP contribution in [0.2, 0.25) is 0 Å². The zero-order valence-electron chi connectivity index (χ0n) is 11.1. The Morgan fingerprint density at radius 2 is 2.16 bits per heavy atom. The lowest BCUT2D eigenvalue weighted by Gasteiger charge is -2.37. The number of hydrogen-bond donors (Lipinski definition) is 2. The van der Waals surface area contributed by atoms with E-state index in [1.807, 2.05) is 0 Å². The molecule has 1 saturated heterocycles. The Morgan fingerprint density at radius 3 is 2.74 bits per heavy atom. The fourth-order valence-corrected chi connectivity index (χ4v) is 1.86. The number of amides is 3. The summed E-state index contributed by atoms with van der Waals surface area (Å²) in [7, 11) is 2.99. The number of morpholine rings is 1. The van der Waals surface area contributed by atoms with E-state index in [1.165, 1.54) is 23.9 Å². The van der Waals surface area contributed by atoms with Gasteiger partial charge in [0, 0.05) is 20.6 Å². The smallest absolute Gasteiger partial charge is 0.320 e. The van der Waals surface area contributed by atoms with E-state index in [1.54, 1.807) is 0 Å². The van der Waals surface area contributed by atoms with Crippen molar-refractivity contribution < 1.29 is 24.2 Å². The Morgan fingerprint density at radius 1 is 1.47 bits per heavy atom. The predicted molar refractivity (Wildman–Crippen MR) is 65.7 cm³/mol. The molecule has 0 saturated carbocycles. The van der Waals surface area contributed by atoms with Gasteiger partial charge in [0.1, 0.15) is 6.54 Å². The molecule has 1 fully saturated rings. The van der Waals surface area contributed by atoms with Crippen LogP contribution in [0.1, 0.15) is 6.42 Å². The molecule has 3 amide bonds. The number of hydrogen-bond acceptors (Lipinski definition) is 4. The van der Waals surface area contributed by atoms with E-state index in [0.29, 0.717) is 13.2 Å². The standard InChI is InChI=1S/C11H19N3O5/c1-12-9(15)6-13(2)11(18)14-3-4-19-7-8(14)5-10(16)17/h8H,3-7H2,1-2H3,(H,12,15)(H,16,17). The van der Waals surface area contributed by atoms with Gasteiger partial charge in [0.25, 0.3) is 0 Å². The number of urea groups is 1. The average molecular weight is 273 g/mol. The van der Waals surface area contributed by atoms with Gasteiger partial charge in [-0.25, -0.2) is 4.79 Å². The van der Waals surface area contributed by atoms with Gasteiger partial charge in [0.15, 0.2) is 0 Å². The molecule has 1 unspecified atom stereocenters. The summed E-state index contributed by atoms with van der Waals surface area (Å²) in [6, 6.07) is -0.857. The van der Waals surface area contributed by atoms with Crippen LogP contribution in [0.4, 0.5) is 4.79 Å². The molecule has 0 aromatic heterocycles. The second-order valence-corrected chi connectivity index (χ2v) is 4.33. The van der Waals surface area contributed by atoms with Gasteiger partial charge in [0.05, 0.1) is 25.7 Å². The van der Waals surface area contributed by atoms with Crippen molar-refractivity contribution >= 4 is 17.9 Å². The van der Waals surface area contributed by atoms with E-state index in [9.17, 15) is 14.4 Å². The highest BCUT2D eigenvalue weighted by Gasteiger charge is 2.31. The van der Waals surface area contributed by atoms with Crippen LogP contribution >= 0.6 is 0 Å². The summed E-state index contributed by atoms with van der Waals surface area (Å²) in [6.45, 7) is 0.836. The Labute approximate surface area is 111 Å². The Hall–Kier alpha value is -1.83. The Bertz CT molecular complexity index is 360. The molecule has 1 aliphatic rings. The highest BCUT2D eigenvalue weighted by atomic mass is 16.5. The molecule has 0 spiro atoms. The molecular formula is C11H19N3O5. The number of aliphatic carboxylic acids is 1. The molecule has 1 atom stereocenters. The van der Waals surface area contributed by atoms with Crippen LogP contribution < -0.4 is 5.32 Å². The largest absolute Gasteiger partial charge is 0.481 e. The summed E-state index contributed by atoms with van der Waals surface area (Å²) in [6.07, 6.45) is -0.167. The van der Waals surface area contributed by atoms with Crippen molar-refractivity contribution in [2.75, 3.05) is 40.4 Å². The summed E-state index contributed by atoms with van der Waals surface area (Å²) < 4.78 is 5.19. The number of carbonyl (C=O) groups is 3. The van der Waals surface area contributed by atoms with Gasteiger partial charge in [-0.05, 0) is 0 Å². The molecule has 0 aromatic rings. The van der Waals surface area contributed by atoms with Crippen molar-refractivity contribution in [3.05, 3.63) is 0 Å². The number of carbonyl (C=O) groups excluding carboxylic acids is 2. The maximum Gasteiger partial charge on any atom is 0.320 e. The maximum absolute atomic E-state index is 12.2. The average Bonchev–Trinajstić information content (AvgIpc) is 2.37. The van der Waals surface area contributed by atoms with Gasteiger partial charge in [-0.3, -0.25) is 9.59 Å². The van der Waals surface area contributed by atoms with E-state index in [4.69, 9.17) is 9.84 Å². The zero-order valence-corrected chi connectivity index (χ0v) is 11.1. The van der Waals surface area contributed by atoms with Gasteiger partial charge in [-0.1, -0.05) is 0 Å². The summed E-state index contributed by atoms with van der Waals surface area (Å²) in [5.74, 6) is -1.26. The molecule has 19 heavy (non-hydrogen) atoms. The third-order valence-electron chi connectivity index (χ3n) is 2.87. The molecule has 1 heterocycles. The summed E-state index contributed by atoms with van der Waals surface area (Å²) in [5.41, 5.74) is 0. The van der Waals surface area contributed by atoms with E-state index in [2.05, 4.69) is 5.32 Å². The molecule has 0 aliphatic carbocycles. The van der Waals surface area contributed by atoms with E-state index < -0.39 is 12.0 Å². The lowest BCUT2D eigenvalue weighted by molar-refractivity contribution is -0.139. The van der Waals surface area contributed by atoms with Crippen LogP contribution in [0.5, 0.6) is 0 Å². The predicted octanol–water partition coefficient (Wildman–Crippen LogP) is -1.04. The van der Waals surface area contributed by atoms with Gasteiger partial charge < -0.3 is 25.0 Å². The normalized spacial score (nSPS) is 18.8. The number of carboxylic acids is 1. The Kier molecular flexibility index (Phi) is 5.56. The second-order valence-electron chi connectivity index (χ2n) is 4.33. The molecule has 0 bridgehead atoms. The minimum atomic E-state index is -0.984. The zero-order chi connectivity index (χ0) is 14.4. The topological polar surface area (TPSA) is 99.2 Å². The number of nitrogens with zero attached hydrogens (tertiary/aromatic N) is 2.